The molecule has 0 aliphatic carbocycles. The summed E-state index contributed by atoms with van der Waals surface area (Å²) < 4.78 is 5.36. The van der Waals surface area contributed by atoms with Crippen LogP contribution >= 0.6 is 11.8 Å². The number of hydrogen-bond acceptors (Lipinski definition) is 3. The van der Waals surface area contributed by atoms with E-state index < -0.39 is 0 Å². The molecule has 0 radical (unpaired) electrons. The first kappa shape index (κ1) is 11.8. The lowest BCUT2D eigenvalue weighted by molar-refractivity contribution is 0.0728. The average molecular weight is 237 g/mol. The van der Waals surface area contributed by atoms with Gasteiger partial charge in [-0.15, -0.1) is 11.8 Å². The Morgan fingerprint density at radius 2 is 2.12 bits per heavy atom. The summed E-state index contributed by atoms with van der Waals surface area (Å²) in [5.74, 6) is 1.95. The zero-order valence-corrected chi connectivity index (χ0v) is 10.6. The number of anilines is 1. The van der Waals surface area contributed by atoms with Crippen molar-refractivity contribution in [2.24, 2.45) is 5.92 Å². The van der Waals surface area contributed by atoms with E-state index in [1.54, 1.807) is 0 Å². The fraction of sp³-hybridized carbons (Fsp3) is 0.538. The molecule has 2 N–H and O–H groups in total. The molecule has 0 atom stereocenters. The Kier molecular flexibility index (Phi) is 4.13. The number of thioether (sulfide) groups is 1. The average Bonchev–Trinajstić information content (AvgIpc) is 2.32. The van der Waals surface area contributed by atoms with E-state index in [9.17, 15) is 0 Å². The van der Waals surface area contributed by atoms with Crippen LogP contribution < -0.4 is 5.73 Å². The van der Waals surface area contributed by atoms with E-state index in [4.69, 9.17) is 10.5 Å². The summed E-state index contributed by atoms with van der Waals surface area (Å²) in [6, 6.07) is 6.24. The van der Waals surface area contributed by atoms with E-state index in [0.717, 1.165) is 30.6 Å². The van der Waals surface area contributed by atoms with Gasteiger partial charge in [-0.1, -0.05) is 6.07 Å². The Morgan fingerprint density at radius 3 is 2.88 bits per heavy atom. The Bertz CT molecular complexity index is 348. The topological polar surface area (TPSA) is 35.2 Å². The fourth-order valence-corrected chi connectivity index (χ4v) is 3.14. The van der Waals surface area contributed by atoms with Crippen molar-refractivity contribution in [2.45, 2.75) is 24.7 Å². The van der Waals surface area contributed by atoms with Crippen LogP contribution in [0, 0.1) is 12.8 Å². The maximum atomic E-state index is 5.96. The first-order valence-electron chi connectivity index (χ1n) is 5.82. The summed E-state index contributed by atoms with van der Waals surface area (Å²) in [5.41, 5.74) is 8.15. The van der Waals surface area contributed by atoms with Crippen LogP contribution in [-0.4, -0.2) is 19.0 Å². The lowest BCUT2D eigenvalue weighted by atomic mass is 10.0. The molecule has 0 saturated carbocycles. The number of hydrogen-bond donors (Lipinski definition) is 1. The number of rotatable bonds is 3. The van der Waals surface area contributed by atoms with Crippen molar-refractivity contribution in [3.63, 3.8) is 0 Å². The fourth-order valence-electron chi connectivity index (χ4n) is 1.89. The van der Waals surface area contributed by atoms with Gasteiger partial charge in [-0.25, -0.2) is 0 Å². The Labute approximate surface area is 102 Å². The second-order valence-electron chi connectivity index (χ2n) is 4.41. The summed E-state index contributed by atoms with van der Waals surface area (Å²) in [6.45, 7) is 3.96. The molecule has 0 spiro atoms. The minimum atomic E-state index is 0.790. The second-order valence-corrected chi connectivity index (χ2v) is 5.47. The quantitative estimate of drug-likeness (QED) is 0.648. The van der Waals surface area contributed by atoms with Gasteiger partial charge in [0.15, 0.2) is 0 Å². The van der Waals surface area contributed by atoms with Crippen molar-refractivity contribution in [1.29, 1.82) is 0 Å². The molecule has 1 saturated heterocycles. The molecule has 1 aromatic carbocycles. The number of nitrogen functional groups attached to an aromatic ring is 1. The van der Waals surface area contributed by atoms with Crippen LogP contribution in [0.25, 0.3) is 0 Å². The molecular weight excluding hydrogens is 218 g/mol. The van der Waals surface area contributed by atoms with E-state index in [2.05, 4.69) is 19.1 Å². The first-order chi connectivity index (χ1) is 7.75. The molecule has 88 valence electrons. The Hall–Kier alpha value is -0.670. The van der Waals surface area contributed by atoms with Gasteiger partial charge in [0, 0.05) is 29.5 Å². The summed E-state index contributed by atoms with van der Waals surface area (Å²) in [7, 11) is 0. The molecule has 1 heterocycles. The number of aryl methyl sites for hydroxylation is 1. The van der Waals surface area contributed by atoms with Crippen LogP contribution in [0.4, 0.5) is 5.69 Å². The van der Waals surface area contributed by atoms with Crippen molar-refractivity contribution in [2.75, 3.05) is 24.7 Å². The SMILES string of the molecule is Cc1ccc(N)c(SCC2CCOCC2)c1. The van der Waals surface area contributed by atoms with Gasteiger partial charge in [0.25, 0.3) is 0 Å². The third-order valence-corrected chi connectivity index (χ3v) is 4.29. The number of nitrogens with two attached hydrogens (primary N) is 1. The predicted octanol–water partition coefficient (Wildman–Crippen LogP) is 3.10. The molecule has 1 aliphatic heterocycles. The zero-order chi connectivity index (χ0) is 11.4. The molecule has 0 unspecified atom stereocenters. The molecule has 0 bridgehead atoms. The van der Waals surface area contributed by atoms with Crippen molar-refractivity contribution in [3.05, 3.63) is 23.8 Å². The van der Waals surface area contributed by atoms with Gasteiger partial charge < -0.3 is 10.5 Å². The normalized spacial score (nSPS) is 17.6. The highest BCUT2D eigenvalue weighted by Crippen LogP contribution is 2.30. The van der Waals surface area contributed by atoms with Crippen molar-refractivity contribution in [3.8, 4) is 0 Å². The van der Waals surface area contributed by atoms with E-state index in [1.165, 1.54) is 23.3 Å². The summed E-state index contributed by atoms with van der Waals surface area (Å²) in [4.78, 5) is 1.23. The lowest BCUT2D eigenvalue weighted by Crippen LogP contribution is -2.17. The Morgan fingerprint density at radius 1 is 1.38 bits per heavy atom. The standard InChI is InChI=1S/C13H19NOS/c1-10-2-3-12(14)13(8-10)16-9-11-4-6-15-7-5-11/h2-3,8,11H,4-7,9,14H2,1H3. The molecule has 0 amide bonds. The highest BCUT2D eigenvalue weighted by Gasteiger charge is 2.14. The molecule has 0 aromatic heterocycles. The predicted molar refractivity (Wildman–Crippen MR) is 69.9 cm³/mol. The van der Waals surface area contributed by atoms with Gasteiger partial charge in [0.1, 0.15) is 0 Å². The molecule has 2 nitrogen and oxygen atoms in total. The minimum absolute atomic E-state index is 0.790. The van der Waals surface area contributed by atoms with Crippen molar-refractivity contribution in [1.82, 2.24) is 0 Å². The van der Waals surface area contributed by atoms with Gasteiger partial charge in [-0.2, -0.15) is 0 Å². The van der Waals surface area contributed by atoms with Gasteiger partial charge in [0.05, 0.1) is 0 Å². The third-order valence-electron chi connectivity index (χ3n) is 2.98. The highest BCUT2D eigenvalue weighted by molar-refractivity contribution is 7.99. The van der Waals surface area contributed by atoms with Crippen LogP contribution in [0.15, 0.2) is 23.1 Å². The number of ether oxygens (including phenoxy) is 1. The summed E-state index contributed by atoms with van der Waals surface area (Å²) >= 11 is 1.89. The van der Waals surface area contributed by atoms with E-state index >= 15 is 0 Å². The van der Waals surface area contributed by atoms with Gasteiger partial charge >= 0.3 is 0 Å². The highest BCUT2D eigenvalue weighted by atomic mass is 32.2. The van der Waals surface area contributed by atoms with Crippen LogP contribution in [0.5, 0.6) is 0 Å². The molecule has 2 rings (SSSR count). The molecule has 1 aliphatic rings. The van der Waals surface area contributed by atoms with Crippen LogP contribution in [0.1, 0.15) is 18.4 Å². The maximum Gasteiger partial charge on any atom is 0.0468 e. The van der Waals surface area contributed by atoms with Crippen LogP contribution in [0.2, 0.25) is 0 Å². The van der Waals surface area contributed by atoms with E-state index in [0.29, 0.717) is 0 Å². The largest absolute Gasteiger partial charge is 0.398 e. The monoisotopic (exact) mass is 237 g/mol. The first-order valence-corrected chi connectivity index (χ1v) is 6.81. The number of benzene rings is 1. The molecule has 16 heavy (non-hydrogen) atoms. The molecular formula is C13H19NOS. The Balaban J connectivity index is 1.90. The molecule has 3 heteroatoms. The van der Waals surface area contributed by atoms with Crippen molar-refractivity contribution >= 4 is 17.4 Å². The maximum absolute atomic E-state index is 5.96. The van der Waals surface area contributed by atoms with Gasteiger partial charge in [0.2, 0.25) is 0 Å². The lowest BCUT2D eigenvalue weighted by Gasteiger charge is -2.21. The van der Waals surface area contributed by atoms with Gasteiger partial charge in [-0.3, -0.25) is 0 Å². The van der Waals surface area contributed by atoms with Gasteiger partial charge in [-0.05, 0) is 43.4 Å². The van der Waals surface area contributed by atoms with Crippen LogP contribution in [-0.2, 0) is 4.74 Å². The summed E-state index contributed by atoms with van der Waals surface area (Å²) in [5, 5.41) is 0. The minimum Gasteiger partial charge on any atom is -0.398 e. The zero-order valence-electron chi connectivity index (χ0n) is 9.74. The van der Waals surface area contributed by atoms with Crippen LogP contribution in [0.3, 0.4) is 0 Å². The van der Waals surface area contributed by atoms with Crippen molar-refractivity contribution < 1.29 is 4.74 Å². The smallest absolute Gasteiger partial charge is 0.0468 e. The third kappa shape index (κ3) is 3.16. The summed E-state index contributed by atoms with van der Waals surface area (Å²) in [6.07, 6.45) is 2.39. The van der Waals surface area contributed by atoms with E-state index in [-0.39, 0.29) is 0 Å². The second kappa shape index (κ2) is 5.60. The van der Waals surface area contributed by atoms with E-state index in [1.807, 2.05) is 17.8 Å². The molecule has 1 aromatic rings. The molecule has 1 fully saturated rings.